The molecule has 0 radical (unpaired) electrons. The number of carbonyl (C=O) groups excluding carboxylic acids is 1. The molecule has 0 aromatic heterocycles. The van der Waals surface area contributed by atoms with Gasteiger partial charge in [-0.15, -0.1) is 0 Å². The lowest BCUT2D eigenvalue weighted by Gasteiger charge is -2.30. The summed E-state index contributed by atoms with van der Waals surface area (Å²) >= 11 is 0. The van der Waals surface area contributed by atoms with Gasteiger partial charge in [0, 0.05) is 12.5 Å². The van der Waals surface area contributed by atoms with Crippen LogP contribution in [0.3, 0.4) is 0 Å². The molecule has 0 aromatic rings. The Morgan fingerprint density at radius 3 is 2.33 bits per heavy atom. The Morgan fingerprint density at radius 2 is 1.89 bits per heavy atom. The fraction of sp³-hybridized carbons (Fsp3) is 0.917. The molecular formula is C12H21F3N2O. The molecule has 1 aliphatic rings. The Hall–Kier alpha value is -0.780. The molecule has 0 aliphatic heterocycles. The van der Waals surface area contributed by atoms with E-state index >= 15 is 0 Å². The van der Waals surface area contributed by atoms with Crippen LogP contribution >= 0.6 is 0 Å². The molecule has 1 unspecified atom stereocenters. The van der Waals surface area contributed by atoms with E-state index < -0.39 is 12.1 Å². The zero-order valence-electron chi connectivity index (χ0n) is 10.6. The van der Waals surface area contributed by atoms with Gasteiger partial charge in [-0.3, -0.25) is 4.79 Å². The van der Waals surface area contributed by atoms with Gasteiger partial charge in [0.15, 0.2) is 0 Å². The van der Waals surface area contributed by atoms with Gasteiger partial charge in [0.25, 0.3) is 0 Å². The molecule has 3 N–H and O–H groups in total. The van der Waals surface area contributed by atoms with Crippen LogP contribution in [0, 0.1) is 11.8 Å². The molecule has 18 heavy (non-hydrogen) atoms. The Morgan fingerprint density at radius 1 is 1.33 bits per heavy atom. The van der Waals surface area contributed by atoms with Gasteiger partial charge in [-0.05, 0) is 38.1 Å². The van der Waals surface area contributed by atoms with Crippen LogP contribution in [0.25, 0.3) is 0 Å². The molecule has 1 fully saturated rings. The number of hydrogen-bond acceptors (Lipinski definition) is 2. The summed E-state index contributed by atoms with van der Waals surface area (Å²) in [4.78, 5) is 11.6. The molecule has 1 saturated carbocycles. The summed E-state index contributed by atoms with van der Waals surface area (Å²) in [7, 11) is 0. The average molecular weight is 266 g/mol. The van der Waals surface area contributed by atoms with Gasteiger partial charge in [0.2, 0.25) is 5.91 Å². The summed E-state index contributed by atoms with van der Waals surface area (Å²) in [5, 5.41) is 2.79. The molecule has 1 aliphatic carbocycles. The quantitative estimate of drug-likeness (QED) is 0.819. The van der Waals surface area contributed by atoms with Crippen molar-refractivity contribution in [3.63, 3.8) is 0 Å². The number of alkyl halides is 3. The summed E-state index contributed by atoms with van der Waals surface area (Å²) in [5.41, 5.74) is 5.41. The summed E-state index contributed by atoms with van der Waals surface area (Å²) in [6, 6.07) is -0.110. The molecule has 0 aromatic carbocycles. The third-order valence-corrected chi connectivity index (χ3v) is 3.49. The highest BCUT2D eigenvalue weighted by Gasteiger charge is 2.41. The Bertz CT molecular complexity index is 273. The second kappa shape index (κ2) is 6.41. The number of hydrogen-bond donors (Lipinski definition) is 2. The Balaban J connectivity index is 2.29. The largest absolute Gasteiger partial charge is 0.391 e. The van der Waals surface area contributed by atoms with E-state index in [1.54, 1.807) is 0 Å². The average Bonchev–Trinajstić information content (AvgIpc) is 2.28. The van der Waals surface area contributed by atoms with E-state index in [-0.39, 0.29) is 30.7 Å². The minimum Gasteiger partial charge on any atom is -0.353 e. The van der Waals surface area contributed by atoms with Crippen LogP contribution in [0.4, 0.5) is 13.2 Å². The smallest absolute Gasteiger partial charge is 0.353 e. The SMILES string of the molecule is CC(CN)CC(=O)NC1CCC(C(F)(F)F)CC1. The molecule has 0 heterocycles. The lowest BCUT2D eigenvalue weighted by molar-refractivity contribution is -0.182. The van der Waals surface area contributed by atoms with Crippen molar-refractivity contribution in [2.75, 3.05) is 6.54 Å². The van der Waals surface area contributed by atoms with Crippen LogP contribution in [0.5, 0.6) is 0 Å². The van der Waals surface area contributed by atoms with Crippen molar-refractivity contribution in [2.45, 2.75) is 51.2 Å². The minimum atomic E-state index is -4.09. The predicted molar refractivity (Wildman–Crippen MR) is 62.8 cm³/mol. The Labute approximate surface area is 105 Å². The van der Waals surface area contributed by atoms with Crippen LogP contribution in [-0.4, -0.2) is 24.7 Å². The molecular weight excluding hydrogens is 245 g/mol. The molecule has 1 rings (SSSR count). The molecule has 0 spiro atoms. The van der Waals surface area contributed by atoms with E-state index in [4.69, 9.17) is 5.73 Å². The third-order valence-electron chi connectivity index (χ3n) is 3.49. The number of amides is 1. The molecule has 3 nitrogen and oxygen atoms in total. The number of carbonyl (C=O) groups is 1. The lowest BCUT2D eigenvalue weighted by Crippen LogP contribution is -2.40. The second-order valence-corrected chi connectivity index (χ2v) is 5.20. The van der Waals surface area contributed by atoms with Crippen LogP contribution in [0.1, 0.15) is 39.0 Å². The monoisotopic (exact) mass is 266 g/mol. The van der Waals surface area contributed by atoms with E-state index in [1.165, 1.54) is 0 Å². The maximum Gasteiger partial charge on any atom is 0.391 e. The second-order valence-electron chi connectivity index (χ2n) is 5.20. The third kappa shape index (κ3) is 4.84. The molecule has 0 saturated heterocycles. The van der Waals surface area contributed by atoms with Crippen LogP contribution < -0.4 is 11.1 Å². The van der Waals surface area contributed by atoms with Crippen molar-refractivity contribution >= 4 is 5.91 Å². The van der Waals surface area contributed by atoms with Gasteiger partial charge in [-0.2, -0.15) is 13.2 Å². The van der Waals surface area contributed by atoms with Gasteiger partial charge in [-0.1, -0.05) is 6.92 Å². The first-order valence-electron chi connectivity index (χ1n) is 6.39. The summed E-state index contributed by atoms with van der Waals surface area (Å²) < 4.78 is 37.3. The first kappa shape index (κ1) is 15.3. The molecule has 6 heteroatoms. The highest BCUT2D eigenvalue weighted by atomic mass is 19.4. The van der Waals surface area contributed by atoms with E-state index in [0.29, 0.717) is 25.8 Å². The number of nitrogens with one attached hydrogen (secondary N) is 1. The van der Waals surface area contributed by atoms with Crippen molar-refractivity contribution in [2.24, 2.45) is 17.6 Å². The van der Waals surface area contributed by atoms with Gasteiger partial charge >= 0.3 is 6.18 Å². The van der Waals surface area contributed by atoms with Crippen molar-refractivity contribution in [3.8, 4) is 0 Å². The zero-order valence-corrected chi connectivity index (χ0v) is 10.6. The van der Waals surface area contributed by atoms with Gasteiger partial charge in [0.1, 0.15) is 0 Å². The molecule has 0 bridgehead atoms. The van der Waals surface area contributed by atoms with Gasteiger partial charge < -0.3 is 11.1 Å². The predicted octanol–water partition coefficient (Wildman–Crippen LogP) is 2.21. The maximum absolute atomic E-state index is 12.4. The molecule has 106 valence electrons. The van der Waals surface area contributed by atoms with Crippen LogP contribution in [0.15, 0.2) is 0 Å². The minimum absolute atomic E-state index is 0.108. The summed E-state index contributed by atoms with van der Waals surface area (Å²) in [6.45, 7) is 2.31. The highest BCUT2D eigenvalue weighted by molar-refractivity contribution is 5.76. The fourth-order valence-electron chi connectivity index (χ4n) is 2.25. The first-order valence-corrected chi connectivity index (χ1v) is 6.39. The van der Waals surface area contributed by atoms with Gasteiger partial charge in [-0.25, -0.2) is 0 Å². The standard InChI is InChI=1S/C12H21F3N2O/c1-8(7-16)6-11(18)17-10-4-2-9(3-5-10)12(13,14)15/h8-10H,2-7,16H2,1H3,(H,17,18). The summed E-state index contributed by atoms with van der Waals surface area (Å²) in [5.74, 6) is -1.20. The first-order chi connectivity index (χ1) is 8.32. The van der Waals surface area contributed by atoms with E-state index in [9.17, 15) is 18.0 Å². The van der Waals surface area contributed by atoms with E-state index in [1.807, 2.05) is 6.92 Å². The van der Waals surface area contributed by atoms with E-state index in [2.05, 4.69) is 5.32 Å². The van der Waals surface area contributed by atoms with Crippen molar-refractivity contribution < 1.29 is 18.0 Å². The van der Waals surface area contributed by atoms with Crippen LogP contribution in [-0.2, 0) is 4.79 Å². The van der Waals surface area contributed by atoms with E-state index in [0.717, 1.165) is 0 Å². The topological polar surface area (TPSA) is 55.1 Å². The lowest BCUT2D eigenvalue weighted by atomic mass is 9.85. The number of halogens is 3. The Kier molecular flexibility index (Phi) is 5.44. The fourth-order valence-corrected chi connectivity index (χ4v) is 2.25. The molecule has 1 atom stereocenters. The maximum atomic E-state index is 12.4. The highest BCUT2D eigenvalue weighted by Crippen LogP contribution is 2.37. The number of nitrogens with two attached hydrogens (primary N) is 1. The van der Waals surface area contributed by atoms with Crippen molar-refractivity contribution in [1.82, 2.24) is 5.32 Å². The summed E-state index contributed by atoms with van der Waals surface area (Å²) in [6.07, 6.45) is -2.71. The number of rotatable bonds is 4. The molecule has 1 amide bonds. The normalized spacial score (nSPS) is 26.7. The van der Waals surface area contributed by atoms with Crippen molar-refractivity contribution in [3.05, 3.63) is 0 Å². The van der Waals surface area contributed by atoms with Crippen LogP contribution in [0.2, 0.25) is 0 Å². The van der Waals surface area contributed by atoms with Crippen molar-refractivity contribution in [1.29, 1.82) is 0 Å². The van der Waals surface area contributed by atoms with Gasteiger partial charge in [0.05, 0.1) is 5.92 Å². The zero-order chi connectivity index (χ0) is 13.8.